The average molecular weight is 205 g/mol. The fourth-order valence-corrected chi connectivity index (χ4v) is 1.39. The first-order valence-electron chi connectivity index (χ1n) is 3.22. The fourth-order valence-electron chi connectivity index (χ4n) is 0.853. The van der Waals surface area contributed by atoms with Crippen LogP contribution in [0.25, 0.3) is 0 Å². The van der Waals surface area contributed by atoms with Crippen LogP contribution < -0.4 is 0 Å². The normalized spacial score (nSPS) is 9.92. The van der Waals surface area contributed by atoms with Crippen LogP contribution in [0.15, 0.2) is 12.1 Å². The summed E-state index contributed by atoms with van der Waals surface area (Å²) >= 11 is 11.4. The Morgan fingerprint density at radius 1 is 1.42 bits per heavy atom. The Morgan fingerprint density at radius 3 is 2.42 bits per heavy atom. The van der Waals surface area contributed by atoms with Crippen molar-refractivity contribution in [1.82, 2.24) is 0 Å². The summed E-state index contributed by atoms with van der Waals surface area (Å²) in [5, 5.41) is 9.07. The summed E-state index contributed by atoms with van der Waals surface area (Å²) in [4.78, 5) is 10.6. The SMILES string of the molecule is Cc1ccc(Cl)c(C(=O)O)c1Cl. The van der Waals surface area contributed by atoms with Crippen LogP contribution in [0, 0.1) is 6.92 Å². The molecule has 12 heavy (non-hydrogen) atoms. The van der Waals surface area contributed by atoms with Crippen LogP contribution in [0.1, 0.15) is 15.9 Å². The highest BCUT2D eigenvalue weighted by Gasteiger charge is 2.14. The quantitative estimate of drug-likeness (QED) is 0.764. The molecule has 1 aromatic rings. The van der Waals surface area contributed by atoms with Crippen LogP contribution in [0.3, 0.4) is 0 Å². The van der Waals surface area contributed by atoms with Gasteiger partial charge in [-0.3, -0.25) is 0 Å². The number of hydrogen-bond donors (Lipinski definition) is 1. The minimum atomic E-state index is -1.10. The van der Waals surface area contributed by atoms with Gasteiger partial charge in [-0.25, -0.2) is 4.79 Å². The van der Waals surface area contributed by atoms with Crippen molar-refractivity contribution >= 4 is 29.2 Å². The van der Waals surface area contributed by atoms with Crippen molar-refractivity contribution in [1.29, 1.82) is 0 Å². The van der Waals surface area contributed by atoms with E-state index < -0.39 is 5.97 Å². The van der Waals surface area contributed by atoms with Crippen LogP contribution in [0.4, 0.5) is 0 Å². The zero-order valence-electron chi connectivity index (χ0n) is 6.27. The minimum Gasteiger partial charge on any atom is -0.478 e. The van der Waals surface area contributed by atoms with Gasteiger partial charge in [0.15, 0.2) is 0 Å². The molecule has 0 saturated heterocycles. The smallest absolute Gasteiger partial charge is 0.338 e. The first-order chi connectivity index (χ1) is 5.54. The molecule has 1 aromatic carbocycles. The van der Waals surface area contributed by atoms with Crippen molar-refractivity contribution in [2.45, 2.75) is 6.92 Å². The van der Waals surface area contributed by atoms with Crippen LogP contribution in [-0.4, -0.2) is 11.1 Å². The number of aromatic carboxylic acids is 1. The van der Waals surface area contributed by atoms with E-state index in [-0.39, 0.29) is 15.6 Å². The van der Waals surface area contributed by atoms with Crippen molar-refractivity contribution in [3.8, 4) is 0 Å². The van der Waals surface area contributed by atoms with Gasteiger partial charge < -0.3 is 5.11 Å². The molecule has 0 amide bonds. The van der Waals surface area contributed by atoms with E-state index in [9.17, 15) is 4.79 Å². The number of carbonyl (C=O) groups is 1. The Hall–Kier alpha value is -0.730. The first-order valence-corrected chi connectivity index (χ1v) is 3.97. The van der Waals surface area contributed by atoms with E-state index in [0.717, 1.165) is 0 Å². The highest BCUT2D eigenvalue weighted by molar-refractivity contribution is 6.39. The maximum absolute atomic E-state index is 10.6. The van der Waals surface area contributed by atoms with Gasteiger partial charge in [-0.15, -0.1) is 0 Å². The van der Waals surface area contributed by atoms with E-state index >= 15 is 0 Å². The summed E-state index contributed by atoms with van der Waals surface area (Å²) in [6, 6.07) is 3.20. The van der Waals surface area contributed by atoms with Crippen molar-refractivity contribution in [2.24, 2.45) is 0 Å². The molecule has 0 bridgehead atoms. The molecule has 4 heteroatoms. The van der Waals surface area contributed by atoms with Gasteiger partial charge in [0, 0.05) is 0 Å². The average Bonchev–Trinajstić information content (AvgIpc) is 1.97. The summed E-state index contributed by atoms with van der Waals surface area (Å²) < 4.78 is 0. The van der Waals surface area contributed by atoms with E-state index in [1.165, 1.54) is 6.07 Å². The second kappa shape index (κ2) is 3.33. The molecule has 0 spiro atoms. The third-order valence-electron chi connectivity index (χ3n) is 1.50. The molecular formula is C8H6Cl2O2. The van der Waals surface area contributed by atoms with Crippen molar-refractivity contribution in [3.63, 3.8) is 0 Å². The summed E-state index contributed by atoms with van der Waals surface area (Å²) in [6.45, 7) is 1.73. The minimum absolute atomic E-state index is 0.0293. The summed E-state index contributed by atoms with van der Waals surface area (Å²) in [7, 11) is 0. The number of aryl methyl sites for hydroxylation is 1. The molecule has 1 N–H and O–H groups in total. The highest BCUT2D eigenvalue weighted by atomic mass is 35.5. The molecule has 0 saturated carbocycles. The molecule has 0 aliphatic heterocycles. The molecule has 1 rings (SSSR count). The number of hydrogen-bond acceptors (Lipinski definition) is 1. The summed E-state index contributed by atoms with van der Waals surface area (Å²) in [5.74, 6) is -1.10. The monoisotopic (exact) mass is 204 g/mol. The van der Waals surface area contributed by atoms with E-state index in [1.807, 2.05) is 0 Å². The second-order valence-electron chi connectivity index (χ2n) is 2.36. The van der Waals surface area contributed by atoms with Crippen LogP contribution in [0.2, 0.25) is 10.0 Å². The molecule has 0 atom stereocenters. The zero-order chi connectivity index (χ0) is 9.30. The molecule has 0 heterocycles. The maximum Gasteiger partial charge on any atom is 0.338 e. The van der Waals surface area contributed by atoms with Gasteiger partial charge in [0.2, 0.25) is 0 Å². The predicted octanol–water partition coefficient (Wildman–Crippen LogP) is 3.00. The lowest BCUT2D eigenvalue weighted by Crippen LogP contribution is -1.99. The molecule has 0 unspecified atom stereocenters. The molecule has 0 aliphatic rings. The lowest BCUT2D eigenvalue weighted by molar-refractivity contribution is 0.0697. The third-order valence-corrected chi connectivity index (χ3v) is 2.30. The first kappa shape index (κ1) is 9.36. The van der Waals surface area contributed by atoms with E-state index in [2.05, 4.69) is 0 Å². The Bertz CT molecular complexity index is 334. The molecule has 0 aliphatic carbocycles. The lowest BCUT2D eigenvalue weighted by Gasteiger charge is -2.03. The van der Waals surface area contributed by atoms with Gasteiger partial charge >= 0.3 is 5.97 Å². The lowest BCUT2D eigenvalue weighted by atomic mass is 10.1. The van der Waals surface area contributed by atoms with E-state index in [1.54, 1.807) is 13.0 Å². The molecule has 64 valence electrons. The Balaban J connectivity index is 3.43. The van der Waals surface area contributed by atoms with Crippen molar-refractivity contribution < 1.29 is 9.90 Å². The Kier molecular flexibility index (Phi) is 2.60. The molecular weight excluding hydrogens is 199 g/mol. The molecule has 0 fully saturated rings. The molecule has 0 aromatic heterocycles. The number of carboxylic acid groups (broad SMARTS) is 1. The Labute approximate surface area is 79.7 Å². The molecule has 2 nitrogen and oxygen atoms in total. The number of benzene rings is 1. The number of carboxylic acids is 1. The third kappa shape index (κ3) is 1.54. The van der Waals surface area contributed by atoms with Gasteiger partial charge in [-0.05, 0) is 18.6 Å². The highest BCUT2D eigenvalue weighted by Crippen LogP contribution is 2.27. The van der Waals surface area contributed by atoms with Gasteiger partial charge in [-0.2, -0.15) is 0 Å². The summed E-state index contributed by atoms with van der Waals surface area (Å²) in [6.07, 6.45) is 0. The zero-order valence-corrected chi connectivity index (χ0v) is 7.78. The van der Waals surface area contributed by atoms with Gasteiger partial charge in [0.1, 0.15) is 0 Å². The van der Waals surface area contributed by atoms with Crippen molar-refractivity contribution in [2.75, 3.05) is 0 Å². The van der Waals surface area contributed by atoms with E-state index in [0.29, 0.717) is 5.56 Å². The largest absolute Gasteiger partial charge is 0.478 e. The maximum atomic E-state index is 10.6. The number of halogens is 2. The van der Waals surface area contributed by atoms with Crippen LogP contribution in [-0.2, 0) is 0 Å². The predicted molar refractivity (Wildman–Crippen MR) is 48.2 cm³/mol. The Morgan fingerprint density at radius 2 is 2.00 bits per heavy atom. The standard InChI is InChI=1S/C8H6Cl2O2/c1-4-2-3-5(9)6(7(4)10)8(11)12/h2-3H,1H3,(H,11,12). The van der Waals surface area contributed by atoms with Crippen LogP contribution in [0.5, 0.6) is 0 Å². The van der Waals surface area contributed by atoms with Gasteiger partial charge in [0.25, 0.3) is 0 Å². The van der Waals surface area contributed by atoms with Crippen molar-refractivity contribution in [3.05, 3.63) is 33.3 Å². The van der Waals surface area contributed by atoms with Gasteiger partial charge in [0.05, 0.1) is 15.6 Å². The number of rotatable bonds is 1. The molecule has 0 radical (unpaired) electrons. The van der Waals surface area contributed by atoms with Gasteiger partial charge in [-0.1, -0.05) is 29.3 Å². The van der Waals surface area contributed by atoms with E-state index in [4.69, 9.17) is 28.3 Å². The second-order valence-corrected chi connectivity index (χ2v) is 3.14. The van der Waals surface area contributed by atoms with Crippen LogP contribution >= 0.6 is 23.2 Å². The topological polar surface area (TPSA) is 37.3 Å². The summed E-state index contributed by atoms with van der Waals surface area (Å²) in [5.41, 5.74) is 0.678. The fraction of sp³-hybridized carbons (Fsp3) is 0.125.